The maximum Gasteiger partial charge on any atom is 0.340 e. The number of hydrogen-bond acceptors (Lipinski definition) is 5. The van der Waals surface area contributed by atoms with Gasteiger partial charge in [0.05, 0.1) is 11.5 Å². The third kappa shape index (κ3) is 5.17. The number of nitro benzene ring substituents is 1. The van der Waals surface area contributed by atoms with Crippen molar-refractivity contribution in [3.63, 3.8) is 0 Å². The molecule has 0 spiro atoms. The van der Waals surface area contributed by atoms with Gasteiger partial charge in [-0.25, -0.2) is 4.79 Å². The average molecular weight is 288 g/mol. The van der Waals surface area contributed by atoms with E-state index in [1.54, 1.807) is 25.1 Å². The molecule has 1 aromatic rings. The van der Waals surface area contributed by atoms with Gasteiger partial charge in [0, 0.05) is 17.0 Å². The number of rotatable bonds is 6. The van der Waals surface area contributed by atoms with Gasteiger partial charge in [-0.1, -0.05) is 17.3 Å². The Kier molecular flexibility index (Phi) is 6.17. The van der Waals surface area contributed by atoms with Gasteiger partial charge < -0.3 is 4.74 Å². The molecular formula is C13H12N4O4. The minimum atomic E-state index is -0.719. The molecule has 0 aliphatic heterocycles. The molecule has 108 valence electrons. The molecule has 1 aromatic carbocycles. The highest BCUT2D eigenvalue weighted by Gasteiger charge is 2.06. The van der Waals surface area contributed by atoms with E-state index in [0.29, 0.717) is 5.56 Å². The minimum Gasteiger partial charge on any atom is -0.462 e. The molecule has 0 unspecified atom stereocenters. The van der Waals surface area contributed by atoms with Gasteiger partial charge in [0.25, 0.3) is 5.69 Å². The summed E-state index contributed by atoms with van der Waals surface area (Å²) in [6.07, 6.45) is 4.40. The molecular weight excluding hydrogens is 276 g/mol. The zero-order valence-electron chi connectivity index (χ0n) is 11.2. The molecule has 0 atom stereocenters. The van der Waals surface area contributed by atoms with Crippen LogP contribution in [0.5, 0.6) is 0 Å². The van der Waals surface area contributed by atoms with Crippen molar-refractivity contribution in [3.05, 3.63) is 68.2 Å². The van der Waals surface area contributed by atoms with Gasteiger partial charge >= 0.3 is 5.97 Å². The van der Waals surface area contributed by atoms with Crippen LogP contribution in [0.3, 0.4) is 0 Å². The van der Waals surface area contributed by atoms with Crippen molar-refractivity contribution in [1.29, 1.82) is 0 Å². The smallest absolute Gasteiger partial charge is 0.340 e. The van der Waals surface area contributed by atoms with E-state index in [1.807, 2.05) is 0 Å². The summed E-state index contributed by atoms with van der Waals surface area (Å²) in [6, 6.07) is 5.84. The summed E-state index contributed by atoms with van der Waals surface area (Å²) >= 11 is 0. The van der Waals surface area contributed by atoms with Crippen molar-refractivity contribution in [3.8, 4) is 0 Å². The number of hydrogen-bond donors (Lipinski definition) is 0. The van der Waals surface area contributed by atoms with Crippen LogP contribution in [0.4, 0.5) is 5.69 Å². The van der Waals surface area contributed by atoms with E-state index in [0.717, 1.165) is 0 Å². The van der Waals surface area contributed by atoms with Gasteiger partial charge in [-0.05, 0) is 36.2 Å². The molecule has 21 heavy (non-hydrogen) atoms. The summed E-state index contributed by atoms with van der Waals surface area (Å²) in [7, 11) is 0. The maximum atomic E-state index is 11.4. The molecule has 0 N–H and O–H groups in total. The van der Waals surface area contributed by atoms with Gasteiger partial charge in [0.2, 0.25) is 0 Å². The Bertz CT molecular complexity index is 628. The van der Waals surface area contributed by atoms with Crippen LogP contribution in [0.1, 0.15) is 12.5 Å². The Hall–Kier alpha value is -3.12. The van der Waals surface area contributed by atoms with Crippen molar-refractivity contribution in [2.45, 2.75) is 6.92 Å². The Morgan fingerprint density at radius 3 is 2.67 bits per heavy atom. The highest BCUT2D eigenvalue weighted by atomic mass is 16.6. The second-order valence-electron chi connectivity index (χ2n) is 3.67. The Morgan fingerprint density at radius 2 is 2.14 bits per heavy atom. The molecule has 8 nitrogen and oxygen atoms in total. The van der Waals surface area contributed by atoms with Crippen LogP contribution < -0.4 is 0 Å². The summed E-state index contributed by atoms with van der Waals surface area (Å²) < 4.78 is 4.72. The predicted octanol–water partition coefficient (Wildman–Crippen LogP) is 3.37. The van der Waals surface area contributed by atoms with Crippen molar-refractivity contribution < 1.29 is 14.5 Å². The SMILES string of the molecule is CCOC(=O)/C(=C/C=C/c1ccc([N+](=O)[O-])cc1)N=[N+]=[N-]. The second kappa shape index (κ2) is 8.13. The van der Waals surface area contributed by atoms with Crippen LogP contribution in [0.25, 0.3) is 16.5 Å². The number of azide groups is 1. The molecule has 0 aromatic heterocycles. The number of carbonyl (C=O) groups excluding carboxylic acids is 1. The molecule has 0 bridgehead atoms. The molecule has 0 fully saturated rings. The first-order chi connectivity index (χ1) is 10.1. The first-order valence-corrected chi connectivity index (χ1v) is 5.93. The van der Waals surface area contributed by atoms with Crippen LogP contribution in [0, 0.1) is 10.1 Å². The average Bonchev–Trinajstić information content (AvgIpc) is 2.47. The first kappa shape index (κ1) is 15.9. The van der Waals surface area contributed by atoms with Crippen LogP contribution in [-0.2, 0) is 9.53 Å². The van der Waals surface area contributed by atoms with Gasteiger partial charge in [0.15, 0.2) is 0 Å². The standard InChI is InChI=1S/C13H12N4O4/c1-2-21-13(18)12(15-16-14)5-3-4-10-6-8-11(9-7-10)17(19)20/h3-9H,2H2,1H3/b4-3+,12-5-. The monoisotopic (exact) mass is 288 g/mol. The zero-order valence-corrected chi connectivity index (χ0v) is 11.2. The lowest BCUT2D eigenvalue weighted by molar-refractivity contribution is -0.384. The number of non-ortho nitro benzene ring substituents is 1. The number of allylic oxidation sites excluding steroid dienone is 2. The van der Waals surface area contributed by atoms with Crippen molar-refractivity contribution in [2.24, 2.45) is 5.11 Å². The molecule has 0 radical (unpaired) electrons. The lowest BCUT2D eigenvalue weighted by Gasteiger charge is -1.99. The third-order valence-electron chi connectivity index (χ3n) is 2.28. The van der Waals surface area contributed by atoms with Gasteiger partial charge in [-0.3, -0.25) is 10.1 Å². The number of nitrogens with zero attached hydrogens (tertiary/aromatic N) is 4. The van der Waals surface area contributed by atoms with Gasteiger partial charge in [-0.2, -0.15) is 0 Å². The fourth-order valence-electron chi connectivity index (χ4n) is 1.35. The van der Waals surface area contributed by atoms with E-state index in [4.69, 9.17) is 10.3 Å². The van der Waals surface area contributed by atoms with E-state index in [9.17, 15) is 14.9 Å². The van der Waals surface area contributed by atoms with Crippen LogP contribution in [-0.4, -0.2) is 17.5 Å². The van der Waals surface area contributed by atoms with E-state index < -0.39 is 10.9 Å². The molecule has 0 heterocycles. The summed E-state index contributed by atoms with van der Waals surface area (Å²) in [4.78, 5) is 24.0. The van der Waals surface area contributed by atoms with E-state index >= 15 is 0 Å². The largest absolute Gasteiger partial charge is 0.462 e. The first-order valence-electron chi connectivity index (χ1n) is 5.93. The Balaban J connectivity index is 2.86. The molecule has 1 rings (SSSR count). The minimum absolute atomic E-state index is 0.0102. The van der Waals surface area contributed by atoms with E-state index in [2.05, 4.69) is 10.0 Å². The molecule has 0 saturated carbocycles. The molecule has 0 amide bonds. The van der Waals surface area contributed by atoms with Crippen LogP contribution >= 0.6 is 0 Å². The zero-order chi connectivity index (χ0) is 15.7. The molecule has 0 aliphatic carbocycles. The number of benzene rings is 1. The lowest BCUT2D eigenvalue weighted by Crippen LogP contribution is -2.05. The number of esters is 1. The van der Waals surface area contributed by atoms with Crippen molar-refractivity contribution in [2.75, 3.05) is 6.61 Å². The highest BCUT2D eigenvalue weighted by molar-refractivity contribution is 5.88. The van der Waals surface area contributed by atoms with E-state index in [1.165, 1.54) is 24.3 Å². The topological polar surface area (TPSA) is 118 Å². The fraction of sp³-hybridized carbons (Fsp3) is 0.154. The Labute approximate surface area is 120 Å². The molecule has 8 heteroatoms. The van der Waals surface area contributed by atoms with Crippen molar-refractivity contribution >= 4 is 17.7 Å². The fourth-order valence-corrected chi connectivity index (χ4v) is 1.35. The predicted molar refractivity (Wildman–Crippen MR) is 76.0 cm³/mol. The van der Waals surface area contributed by atoms with E-state index in [-0.39, 0.29) is 18.0 Å². The summed E-state index contributed by atoms with van der Waals surface area (Å²) in [5.74, 6) is -0.719. The lowest BCUT2D eigenvalue weighted by atomic mass is 10.2. The molecule has 0 aliphatic rings. The Morgan fingerprint density at radius 1 is 1.48 bits per heavy atom. The highest BCUT2D eigenvalue weighted by Crippen LogP contribution is 2.13. The van der Waals surface area contributed by atoms with Gasteiger partial charge in [0.1, 0.15) is 5.70 Å². The van der Waals surface area contributed by atoms with Crippen LogP contribution in [0.2, 0.25) is 0 Å². The number of nitro groups is 1. The summed E-state index contributed by atoms with van der Waals surface area (Å²) in [5, 5.41) is 13.7. The number of ether oxygens (including phenoxy) is 1. The maximum absolute atomic E-state index is 11.4. The normalized spacial score (nSPS) is 11.0. The number of carbonyl (C=O) groups is 1. The second-order valence-corrected chi connectivity index (χ2v) is 3.67. The van der Waals surface area contributed by atoms with Crippen LogP contribution in [0.15, 0.2) is 47.2 Å². The molecule has 0 saturated heterocycles. The summed E-state index contributed by atoms with van der Waals surface area (Å²) in [5.41, 5.74) is 8.89. The van der Waals surface area contributed by atoms with Gasteiger partial charge in [-0.15, -0.1) is 0 Å². The quantitative estimate of drug-likeness (QED) is 0.116. The van der Waals surface area contributed by atoms with Crippen molar-refractivity contribution in [1.82, 2.24) is 0 Å². The third-order valence-corrected chi connectivity index (χ3v) is 2.28. The summed E-state index contributed by atoms with van der Waals surface area (Å²) in [6.45, 7) is 1.81.